The number of thiol groups is 1. The summed E-state index contributed by atoms with van der Waals surface area (Å²) < 4.78 is 8.52. The van der Waals surface area contributed by atoms with Crippen molar-refractivity contribution in [3.8, 4) is 0 Å². The Bertz CT molecular complexity index is 40.3. The average Bonchev–Trinajstić information content (AvgIpc) is 1.41. The van der Waals surface area contributed by atoms with E-state index in [9.17, 15) is 0 Å². The predicted octanol–water partition coefficient (Wildman–Crippen LogP) is -7.35. The topological polar surface area (TPSA) is 63.2 Å². The molecule has 40 valence electrons. The third-order valence-electron chi connectivity index (χ3n) is 0. The summed E-state index contributed by atoms with van der Waals surface area (Å²) in [7, 11) is -3.63. The van der Waals surface area contributed by atoms with Crippen LogP contribution in [0, 0.1) is 0 Å². The Labute approximate surface area is 99.2 Å². The molecular weight excluding hydrogens is 169 g/mol. The van der Waals surface area contributed by atoms with Crippen LogP contribution >= 0.6 is 20.9 Å². The molecule has 0 atom stereocenters. The van der Waals surface area contributed by atoms with Crippen molar-refractivity contribution < 1.29 is 73.5 Å². The largest absolute Gasteiger partial charge is 1.00 e. The van der Waals surface area contributed by atoms with E-state index in [4.69, 9.17) is 14.4 Å². The Morgan fingerprint density at radius 3 is 1.25 bits per heavy atom. The van der Waals surface area contributed by atoms with Gasteiger partial charge in [0.15, 0.2) is 0 Å². The van der Waals surface area contributed by atoms with Crippen molar-refractivity contribution in [2.45, 2.75) is 0 Å². The predicted molar refractivity (Wildman–Crippen MR) is 23.9 cm³/mol. The summed E-state index contributed by atoms with van der Waals surface area (Å²) >= 11 is 3.53. The van der Waals surface area contributed by atoms with Gasteiger partial charge in [-0.25, -0.2) is 0 Å². The zero-order valence-electron chi connectivity index (χ0n) is 5.17. The fourth-order valence-corrected chi connectivity index (χ4v) is 0. The molecule has 0 aromatic carbocycles. The third kappa shape index (κ3) is 76.5. The molecule has 0 spiro atoms. The van der Waals surface area contributed by atoms with Gasteiger partial charge >= 0.3 is 59.1 Å². The van der Waals surface area contributed by atoms with Gasteiger partial charge in [0.2, 0.25) is 0 Å². The second kappa shape index (κ2) is 22.7. The molecule has 0 N–H and O–H groups in total. The number of rotatable bonds is 0. The summed E-state index contributed by atoms with van der Waals surface area (Å²) in [4.78, 5) is 17.0. The minimum atomic E-state index is -3.63. The Hall–Kier alpha value is 2.50. The van der Waals surface area contributed by atoms with Crippen LogP contribution in [0.3, 0.4) is 0 Å². The maximum atomic E-state index is 8.52. The van der Waals surface area contributed by atoms with E-state index in [2.05, 4.69) is 12.6 Å². The second-order valence-electron chi connectivity index (χ2n) is 0.250. The molecule has 3 nitrogen and oxygen atoms in total. The van der Waals surface area contributed by atoms with Crippen molar-refractivity contribution in [3.05, 3.63) is 0 Å². The van der Waals surface area contributed by atoms with Gasteiger partial charge < -0.3 is 14.4 Å². The van der Waals surface area contributed by atoms with Crippen LogP contribution < -0.4 is 68.9 Å². The van der Waals surface area contributed by atoms with E-state index >= 15 is 0 Å². The quantitative estimate of drug-likeness (QED) is 0.225. The van der Waals surface area contributed by atoms with Crippen molar-refractivity contribution in [2.24, 2.45) is 0 Å². The van der Waals surface area contributed by atoms with Gasteiger partial charge in [-0.3, -0.25) is 0 Å². The summed E-state index contributed by atoms with van der Waals surface area (Å²) in [5.74, 6) is 0. The van der Waals surface area contributed by atoms with Crippen LogP contribution in [-0.4, -0.2) is 6.26 Å². The van der Waals surface area contributed by atoms with Crippen molar-refractivity contribution in [3.63, 3.8) is 0 Å². The maximum Gasteiger partial charge on any atom is 1.00 e. The van der Waals surface area contributed by atoms with E-state index in [0.29, 0.717) is 0 Å². The van der Waals surface area contributed by atoms with Crippen LogP contribution in [0.2, 0.25) is 0 Å². The van der Waals surface area contributed by atoms with E-state index < -0.39 is 8.25 Å². The first-order chi connectivity index (χ1) is 2.73. The van der Waals surface area contributed by atoms with Crippen LogP contribution in [0.1, 0.15) is 0 Å². The molecule has 0 heterocycles. The molecular formula is CH5Na2O3PS. The third-order valence-corrected chi connectivity index (χ3v) is 0. The van der Waals surface area contributed by atoms with Crippen LogP contribution in [0.15, 0.2) is 0 Å². The van der Waals surface area contributed by atoms with Crippen molar-refractivity contribution in [1.82, 2.24) is 0 Å². The normalized spacial score (nSPS) is 5.12. The summed E-state index contributed by atoms with van der Waals surface area (Å²) in [6.45, 7) is 0. The maximum absolute atomic E-state index is 8.52. The summed E-state index contributed by atoms with van der Waals surface area (Å²) in [6.07, 6.45) is 1.69. The molecule has 0 aliphatic carbocycles. The van der Waals surface area contributed by atoms with E-state index in [1.165, 1.54) is 0 Å². The monoisotopic (exact) mass is 174 g/mol. The summed E-state index contributed by atoms with van der Waals surface area (Å²) in [6, 6.07) is 0. The molecule has 0 aromatic heterocycles. The smallest absolute Gasteiger partial charge is 0.813 e. The molecule has 0 saturated heterocycles. The molecule has 0 unspecified atom stereocenters. The fourth-order valence-electron chi connectivity index (χ4n) is 0. The fraction of sp³-hybridized carbons (Fsp3) is 1.00. The van der Waals surface area contributed by atoms with Gasteiger partial charge in [0.05, 0.1) is 0 Å². The molecule has 7 heteroatoms. The SMILES string of the molecule is CS.O=[PH]([O-])[O-].[Na+].[Na+]. The Balaban J connectivity index is -0.0000000183. The van der Waals surface area contributed by atoms with Gasteiger partial charge in [0.1, 0.15) is 0 Å². The molecule has 0 aromatic rings. The van der Waals surface area contributed by atoms with Crippen molar-refractivity contribution >= 4 is 20.9 Å². The molecule has 0 radical (unpaired) electrons. The molecule has 0 aliphatic rings. The van der Waals surface area contributed by atoms with Crippen LogP contribution in [-0.2, 0) is 4.57 Å². The standard InChI is InChI=1S/CH4S.2Na.H3O3P/c1-2;;;1-4(2)3/h2H,1H3;;;4H,(H2,1,2,3)/q;2*+1;/p-2. The van der Waals surface area contributed by atoms with Gasteiger partial charge in [0, 0.05) is 0 Å². The van der Waals surface area contributed by atoms with Gasteiger partial charge in [0.25, 0.3) is 0 Å². The first-order valence-corrected chi connectivity index (χ1v) is 3.18. The molecule has 8 heavy (non-hydrogen) atoms. The Morgan fingerprint density at radius 2 is 1.25 bits per heavy atom. The minimum Gasteiger partial charge on any atom is -0.813 e. The van der Waals surface area contributed by atoms with Gasteiger partial charge in [-0.05, 0) is 6.26 Å². The minimum absolute atomic E-state index is 0. The average molecular weight is 174 g/mol. The van der Waals surface area contributed by atoms with E-state index in [-0.39, 0.29) is 59.1 Å². The zero-order valence-corrected chi connectivity index (χ0v) is 11.1. The van der Waals surface area contributed by atoms with Crippen LogP contribution in [0.5, 0.6) is 0 Å². The Morgan fingerprint density at radius 1 is 1.25 bits per heavy atom. The molecule has 0 fully saturated rings. The molecule has 0 rings (SSSR count). The molecule has 0 saturated carbocycles. The van der Waals surface area contributed by atoms with Crippen LogP contribution in [0.4, 0.5) is 0 Å². The first kappa shape index (κ1) is 22.4. The van der Waals surface area contributed by atoms with Crippen molar-refractivity contribution in [2.75, 3.05) is 6.26 Å². The molecule has 0 bridgehead atoms. The van der Waals surface area contributed by atoms with Gasteiger partial charge in [-0.1, -0.05) is 8.25 Å². The first-order valence-electron chi connectivity index (χ1n) is 1.06. The van der Waals surface area contributed by atoms with E-state index in [1.54, 1.807) is 6.26 Å². The second-order valence-corrected chi connectivity index (χ2v) is 0.750. The van der Waals surface area contributed by atoms with Crippen molar-refractivity contribution in [1.29, 1.82) is 0 Å². The molecule has 0 amide bonds. The molecule has 0 aliphatic heterocycles. The summed E-state index contributed by atoms with van der Waals surface area (Å²) in [5.41, 5.74) is 0. The van der Waals surface area contributed by atoms with E-state index in [1.807, 2.05) is 0 Å². The Kier molecular flexibility index (Phi) is 63.6. The van der Waals surface area contributed by atoms with Crippen LogP contribution in [0.25, 0.3) is 0 Å². The van der Waals surface area contributed by atoms with Gasteiger partial charge in [-0.15, -0.1) is 0 Å². The van der Waals surface area contributed by atoms with Gasteiger partial charge in [-0.2, -0.15) is 12.6 Å². The summed E-state index contributed by atoms with van der Waals surface area (Å²) in [5, 5.41) is 0. The number of hydrogen-bond donors (Lipinski definition) is 1. The zero-order chi connectivity index (χ0) is 5.58. The number of hydrogen-bond acceptors (Lipinski definition) is 4. The van der Waals surface area contributed by atoms with E-state index in [0.717, 1.165) is 0 Å².